The average molecular weight is 353 g/mol. The average Bonchev–Trinajstić information content (AvgIpc) is 2.81. The molecule has 3 rings (SSSR count). The number of rotatable bonds is 1. The van der Waals surface area contributed by atoms with Crippen molar-refractivity contribution in [1.82, 2.24) is 9.88 Å². The van der Waals surface area contributed by atoms with E-state index in [9.17, 15) is 5.11 Å². The van der Waals surface area contributed by atoms with E-state index < -0.39 is 0 Å². The number of hydrogen-bond acceptors (Lipinski definition) is 3. The fourth-order valence-electron chi connectivity index (χ4n) is 2.50. The smallest absolute Gasteiger partial charge is 0.493 e. The van der Waals surface area contributed by atoms with Gasteiger partial charge in [-0.25, -0.2) is 0 Å². The summed E-state index contributed by atoms with van der Waals surface area (Å²) < 4.78 is 0. The van der Waals surface area contributed by atoms with Crippen molar-refractivity contribution in [2.45, 2.75) is 19.3 Å². The first-order valence-corrected chi connectivity index (χ1v) is 7.22. The van der Waals surface area contributed by atoms with Crippen LogP contribution in [0.1, 0.15) is 19.3 Å². The first-order chi connectivity index (χ1) is 9.75. The van der Waals surface area contributed by atoms with Crippen molar-refractivity contribution in [2.24, 2.45) is 5.11 Å². The number of thiocarbonyl (C=S) groups is 1. The first kappa shape index (κ1) is 15.9. The summed E-state index contributed by atoms with van der Waals surface area (Å²) in [6.45, 7) is 1.95. The minimum atomic E-state index is 0. The second kappa shape index (κ2) is 7.02. The maximum Gasteiger partial charge on any atom is 2.00 e. The van der Waals surface area contributed by atoms with Gasteiger partial charge in [-0.05, 0) is 25.3 Å². The van der Waals surface area contributed by atoms with Gasteiger partial charge in [-0.2, -0.15) is 0 Å². The van der Waals surface area contributed by atoms with E-state index in [2.05, 4.69) is 20.1 Å². The molecule has 1 aliphatic heterocycles. The molecule has 0 unspecified atom stereocenters. The predicted octanol–water partition coefficient (Wildman–Crippen LogP) is 1.81. The van der Waals surface area contributed by atoms with Crippen molar-refractivity contribution in [3.8, 4) is 5.88 Å². The Hall–Kier alpha value is -1.43. The minimum Gasteiger partial charge on any atom is -0.493 e. The van der Waals surface area contributed by atoms with Crippen LogP contribution in [-0.4, -0.2) is 33.2 Å². The number of H-pyrrole nitrogens is 1. The molecule has 1 fully saturated rings. The van der Waals surface area contributed by atoms with Gasteiger partial charge in [-0.1, -0.05) is 23.3 Å². The normalized spacial score (nSPS) is 15.3. The number of piperidine rings is 1. The summed E-state index contributed by atoms with van der Waals surface area (Å²) in [7, 11) is 0. The van der Waals surface area contributed by atoms with Gasteiger partial charge in [-0.15, -0.1) is 5.11 Å². The summed E-state index contributed by atoms with van der Waals surface area (Å²) in [6.07, 6.45) is 3.60. The van der Waals surface area contributed by atoms with Crippen LogP contribution in [0.2, 0.25) is 0 Å². The van der Waals surface area contributed by atoms with Gasteiger partial charge in [0.25, 0.3) is 0 Å². The summed E-state index contributed by atoms with van der Waals surface area (Å²) in [4.78, 5) is 5.01. The van der Waals surface area contributed by atoms with Crippen molar-refractivity contribution < 1.29 is 27.3 Å². The Kier molecular flexibility index (Phi) is 5.33. The number of nitrogens with one attached hydrogen (secondary N) is 2. The predicted molar refractivity (Wildman–Crippen MR) is 81.0 cm³/mol. The molecular weight excluding hydrogens is 336 g/mol. The molecule has 5 nitrogen and oxygen atoms in total. The molecule has 2 aromatic rings. The number of hydrogen-bond donors (Lipinski definition) is 3. The van der Waals surface area contributed by atoms with Crippen LogP contribution >= 0.6 is 12.2 Å². The molecule has 1 saturated heterocycles. The Morgan fingerprint density at radius 1 is 1.24 bits per heavy atom. The van der Waals surface area contributed by atoms with E-state index in [4.69, 9.17) is 12.2 Å². The topological polar surface area (TPSA) is 65.6 Å². The van der Waals surface area contributed by atoms with E-state index in [0.717, 1.165) is 24.0 Å². The van der Waals surface area contributed by atoms with E-state index >= 15 is 0 Å². The molecule has 3 N–H and O–H groups in total. The molecule has 0 spiro atoms. The molecule has 7 heteroatoms. The van der Waals surface area contributed by atoms with Gasteiger partial charge in [0.2, 0.25) is 5.88 Å². The van der Waals surface area contributed by atoms with E-state index in [0.29, 0.717) is 10.8 Å². The molecule has 113 valence electrons. The first-order valence-electron chi connectivity index (χ1n) is 6.81. The molecule has 1 radical (unpaired) electrons. The third kappa shape index (κ3) is 3.43. The molecule has 21 heavy (non-hydrogen) atoms. The molecule has 0 saturated carbocycles. The molecule has 2 heterocycles. The van der Waals surface area contributed by atoms with Crippen LogP contribution in [0.15, 0.2) is 29.4 Å². The third-order valence-electron chi connectivity index (χ3n) is 3.57. The van der Waals surface area contributed by atoms with Gasteiger partial charge >= 0.3 is 22.2 Å². The van der Waals surface area contributed by atoms with E-state index in [-0.39, 0.29) is 22.9 Å². The van der Waals surface area contributed by atoms with Crippen LogP contribution in [0, 0.1) is 0 Å². The summed E-state index contributed by atoms with van der Waals surface area (Å²) in [5.41, 5.74) is 1.36. The number of fused-ring (bicyclic) bond motifs is 1. The van der Waals surface area contributed by atoms with Crippen LogP contribution in [0.3, 0.4) is 0 Å². The Bertz CT molecular complexity index is 664. The minimum absolute atomic E-state index is 0. The van der Waals surface area contributed by atoms with E-state index in [1.165, 1.54) is 19.3 Å². The van der Waals surface area contributed by atoms with Crippen LogP contribution < -0.4 is 5.11 Å². The Morgan fingerprint density at radius 3 is 2.71 bits per heavy atom. The zero-order valence-corrected chi connectivity index (χ0v) is 13.2. The van der Waals surface area contributed by atoms with E-state index in [1.807, 2.05) is 24.3 Å². The quantitative estimate of drug-likeness (QED) is 0.416. The van der Waals surface area contributed by atoms with Gasteiger partial charge in [0, 0.05) is 17.6 Å². The standard InChI is InChI=1S/C14H16N4OS.Cu/c19-13-12(10-6-2-3-7-11(10)15-13)16-17-14(20)18-8-4-1-5-9-18;/h2-3,6-7,15,19H,1,4-5,8-9H2;/q;+2/p+1. The molecule has 1 aliphatic rings. The molecule has 1 aromatic carbocycles. The van der Waals surface area contributed by atoms with Gasteiger partial charge in [0.1, 0.15) is 0 Å². The zero-order chi connectivity index (χ0) is 13.9. The Labute approximate surface area is 138 Å². The van der Waals surface area contributed by atoms with Crippen molar-refractivity contribution in [1.29, 1.82) is 0 Å². The fourth-order valence-corrected chi connectivity index (χ4v) is 2.73. The van der Waals surface area contributed by atoms with Crippen LogP contribution in [0.5, 0.6) is 5.88 Å². The van der Waals surface area contributed by atoms with Gasteiger partial charge in [0.15, 0.2) is 5.69 Å². The van der Waals surface area contributed by atoms with Crippen LogP contribution in [-0.2, 0) is 17.1 Å². The molecular formula is C14H17CuN4OS+3. The number of para-hydroxylation sites is 1. The van der Waals surface area contributed by atoms with Crippen molar-refractivity contribution >= 4 is 33.9 Å². The Morgan fingerprint density at radius 2 is 1.95 bits per heavy atom. The molecule has 1 aromatic heterocycles. The SMILES string of the molecule is Oc1[nH]c2ccccc2c1N=[NH+]C(=S)N1CCCCC1.[Cu+2]. The maximum atomic E-state index is 9.91. The monoisotopic (exact) mass is 352 g/mol. The van der Waals surface area contributed by atoms with Crippen molar-refractivity contribution in [2.75, 3.05) is 13.1 Å². The van der Waals surface area contributed by atoms with Gasteiger partial charge < -0.3 is 10.1 Å². The number of azo groups is 1. The summed E-state index contributed by atoms with van der Waals surface area (Å²) in [5, 5.41) is 18.6. The molecule has 0 aliphatic carbocycles. The summed E-state index contributed by atoms with van der Waals surface area (Å²) in [6, 6.07) is 7.64. The molecule has 0 bridgehead atoms. The number of aromatic hydroxyl groups is 1. The van der Waals surface area contributed by atoms with Crippen LogP contribution in [0.4, 0.5) is 5.69 Å². The molecule has 0 atom stereocenters. The van der Waals surface area contributed by atoms with Gasteiger partial charge in [0.05, 0.1) is 18.6 Å². The zero-order valence-electron chi connectivity index (χ0n) is 11.4. The van der Waals surface area contributed by atoms with Gasteiger partial charge in [-0.3, -0.25) is 4.90 Å². The fraction of sp³-hybridized carbons (Fsp3) is 0.357. The molecule has 0 amide bonds. The summed E-state index contributed by atoms with van der Waals surface area (Å²) in [5.74, 6) is 0.0557. The largest absolute Gasteiger partial charge is 2.00 e. The van der Waals surface area contributed by atoms with Crippen molar-refractivity contribution in [3.05, 3.63) is 24.3 Å². The van der Waals surface area contributed by atoms with Crippen molar-refractivity contribution in [3.63, 3.8) is 0 Å². The number of benzene rings is 1. The second-order valence-corrected chi connectivity index (χ2v) is 5.33. The maximum absolute atomic E-state index is 9.91. The second-order valence-electron chi connectivity index (χ2n) is 4.94. The number of nitrogens with zero attached hydrogens (tertiary/aromatic N) is 2. The number of aromatic nitrogens is 1. The number of likely N-dealkylation sites (tertiary alicyclic amines) is 1. The Balaban J connectivity index is 0.00000161. The number of aromatic amines is 1. The van der Waals surface area contributed by atoms with E-state index in [1.54, 1.807) is 0 Å². The summed E-state index contributed by atoms with van der Waals surface area (Å²) >= 11 is 5.34. The third-order valence-corrected chi connectivity index (χ3v) is 3.92. The van der Waals surface area contributed by atoms with Crippen LogP contribution in [0.25, 0.3) is 10.9 Å².